The second-order valence-corrected chi connectivity index (χ2v) is 2.74. The van der Waals surface area contributed by atoms with Crippen molar-refractivity contribution in [2.24, 2.45) is 5.92 Å². The molecule has 1 rings (SSSR count). The molecule has 62 valence electrons. The SMILES string of the molecule is CN[C@H]1COCC[C@H]1C.Cl. The van der Waals surface area contributed by atoms with Gasteiger partial charge in [0.05, 0.1) is 6.61 Å². The Labute approximate surface area is 68.7 Å². The fourth-order valence-corrected chi connectivity index (χ4v) is 1.21. The number of nitrogens with one attached hydrogen (secondary N) is 1. The molecule has 0 bridgehead atoms. The van der Waals surface area contributed by atoms with E-state index in [1.807, 2.05) is 7.05 Å². The molecular weight excluding hydrogens is 150 g/mol. The zero-order chi connectivity index (χ0) is 6.69. The van der Waals surface area contributed by atoms with Crippen molar-refractivity contribution in [1.82, 2.24) is 5.32 Å². The summed E-state index contributed by atoms with van der Waals surface area (Å²) >= 11 is 0. The van der Waals surface area contributed by atoms with E-state index in [2.05, 4.69) is 12.2 Å². The minimum Gasteiger partial charge on any atom is -0.380 e. The lowest BCUT2D eigenvalue weighted by Gasteiger charge is -2.28. The second kappa shape index (κ2) is 4.94. The number of hydrogen-bond acceptors (Lipinski definition) is 2. The molecule has 0 aromatic heterocycles. The summed E-state index contributed by atoms with van der Waals surface area (Å²) in [5.74, 6) is 0.781. The third-order valence-corrected chi connectivity index (χ3v) is 2.07. The zero-order valence-electron chi connectivity index (χ0n) is 6.59. The monoisotopic (exact) mass is 165 g/mol. The Morgan fingerprint density at radius 3 is 2.60 bits per heavy atom. The highest BCUT2D eigenvalue weighted by atomic mass is 35.5. The van der Waals surface area contributed by atoms with Gasteiger partial charge in [-0.15, -0.1) is 12.4 Å². The van der Waals surface area contributed by atoms with E-state index >= 15 is 0 Å². The van der Waals surface area contributed by atoms with Crippen molar-refractivity contribution >= 4 is 12.4 Å². The average Bonchev–Trinajstić information content (AvgIpc) is 1.89. The van der Waals surface area contributed by atoms with Crippen LogP contribution in [0.2, 0.25) is 0 Å². The van der Waals surface area contributed by atoms with Crippen molar-refractivity contribution in [3.63, 3.8) is 0 Å². The molecule has 0 aliphatic carbocycles. The summed E-state index contributed by atoms with van der Waals surface area (Å²) in [7, 11) is 2.00. The van der Waals surface area contributed by atoms with Gasteiger partial charge in [-0.3, -0.25) is 0 Å². The summed E-state index contributed by atoms with van der Waals surface area (Å²) in [6, 6.07) is 0.582. The van der Waals surface area contributed by atoms with Crippen molar-refractivity contribution in [1.29, 1.82) is 0 Å². The van der Waals surface area contributed by atoms with E-state index in [4.69, 9.17) is 4.74 Å². The first-order valence-electron chi connectivity index (χ1n) is 3.59. The summed E-state index contributed by atoms with van der Waals surface area (Å²) in [5, 5.41) is 3.23. The zero-order valence-corrected chi connectivity index (χ0v) is 7.41. The highest BCUT2D eigenvalue weighted by Crippen LogP contribution is 2.13. The van der Waals surface area contributed by atoms with Crippen LogP contribution in [0.15, 0.2) is 0 Å². The Hall–Kier alpha value is 0.210. The van der Waals surface area contributed by atoms with Gasteiger partial charge >= 0.3 is 0 Å². The largest absolute Gasteiger partial charge is 0.380 e. The van der Waals surface area contributed by atoms with Gasteiger partial charge in [-0.1, -0.05) is 6.92 Å². The van der Waals surface area contributed by atoms with E-state index in [1.54, 1.807) is 0 Å². The van der Waals surface area contributed by atoms with Gasteiger partial charge in [0, 0.05) is 12.6 Å². The molecule has 1 N–H and O–H groups in total. The van der Waals surface area contributed by atoms with E-state index in [0.717, 1.165) is 19.1 Å². The molecule has 0 aromatic rings. The van der Waals surface area contributed by atoms with Crippen LogP contribution in [0.5, 0.6) is 0 Å². The topological polar surface area (TPSA) is 21.3 Å². The highest BCUT2D eigenvalue weighted by Gasteiger charge is 2.19. The minimum absolute atomic E-state index is 0. The molecule has 1 aliphatic rings. The number of halogens is 1. The molecule has 1 heterocycles. The van der Waals surface area contributed by atoms with Crippen LogP contribution in [-0.4, -0.2) is 26.3 Å². The highest BCUT2D eigenvalue weighted by molar-refractivity contribution is 5.85. The average molecular weight is 166 g/mol. The minimum atomic E-state index is 0. The lowest BCUT2D eigenvalue weighted by atomic mass is 9.98. The summed E-state index contributed by atoms with van der Waals surface area (Å²) in [6.07, 6.45) is 1.20. The Morgan fingerprint density at radius 1 is 1.50 bits per heavy atom. The molecule has 1 aliphatic heterocycles. The standard InChI is InChI=1S/C7H15NO.ClH/c1-6-3-4-9-5-7(6)8-2;/h6-8H,3-5H2,1-2H3;1H/t6-,7+;/m1./s1. The summed E-state index contributed by atoms with van der Waals surface area (Å²) < 4.78 is 5.28. The van der Waals surface area contributed by atoms with Gasteiger partial charge in [-0.2, -0.15) is 0 Å². The molecule has 3 heteroatoms. The van der Waals surface area contributed by atoms with E-state index in [1.165, 1.54) is 6.42 Å². The molecule has 1 fully saturated rings. The maximum atomic E-state index is 5.28. The van der Waals surface area contributed by atoms with Crippen LogP contribution in [0.4, 0.5) is 0 Å². The van der Waals surface area contributed by atoms with Crippen LogP contribution < -0.4 is 5.32 Å². The third-order valence-electron chi connectivity index (χ3n) is 2.07. The molecule has 0 spiro atoms. The van der Waals surface area contributed by atoms with Gasteiger partial charge in [-0.05, 0) is 19.4 Å². The van der Waals surface area contributed by atoms with Crippen molar-refractivity contribution < 1.29 is 4.74 Å². The molecule has 0 saturated carbocycles. The molecule has 0 radical (unpaired) electrons. The van der Waals surface area contributed by atoms with Gasteiger partial charge in [-0.25, -0.2) is 0 Å². The van der Waals surface area contributed by atoms with E-state index in [0.29, 0.717) is 6.04 Å². The van der Waals surface area contributed by atoms with Gasteiger partial charge in [0.2, 0.25) is 0 Å². The van der Waals surface area contributed by atoms with E-state index < -0.39 is 0 Å². The maximum Gasteiger partial charge on any atom is 0.0622 e. The molecule has 0 unspecified atom stereocenters. The number of ether oxygens (including phenoxy) is 1. The summed E-state index contributed by atoms with van der Waals surface area (Å²) in [5.41, 5.74) is 0. The predicted octanol–water partition coefficient (Wildman–Crippen LogP) is 1.05. The Bertz CT molecular complexity index is 89.7. The number of hydrogen-bond donors (Lipinski definition) is 1. The quantitative estimate of drug-likeness (QED) is 0.628. The Balaban J connectivity index is 0.000000810. The molecule has 2 atom stereocenters. The molecule has 2 nitrogen and oxygen atoms in total. The maximum absolute atomic E-state index is 5.28. The molecule has 0 aromatic carbocycles. The Morgan fingerprint density at radius 2 is 2.20 bits per heavy atom. The van der Waals surface area contributed by atoms with Gasteiger partial charge in [0.15, 0.2) is 0 Å². The van der Waals surface area contributed by atoms with Crippen LogP contribution in [-0.2, 0) is 4.74 Å². The fourth-order valence-electron chi connectivity index (χ4n) is 1.21. The molecule has 0 amide bonds. The lowest BCUT2D eigenvalue weighted by molar-refractivity contribution is 0.0442. The van der Waals surface area contributed by atoms with Crippen molar-refractivity contribution in [2.45, 2.75) is 19.4 Å². The molecule has 1 saturated heterocycles. The lowest BCUT2D eigenvalue weighted by Crippen LogP contribution is -2.40. The number of likely N-dealkylation sites (N-methyl/N-ethyl adjacent to an activating group) is 1. The van der Waals surface area contributed by atoms with Gasteiger partial charge in [0.25, 0.3) is 0 Å². The van der Waals surface area contributed by atoms with Crippen LogP contribution in [0, 0.1) is 5.92 Å². The van der Waals surface area contributed by atoms with Crippen molar-refractivity contribution in [3.05, 3.63) is 0 Å². The Kier molecular flexibility index (Phi) is 5.04. The molecular formula is C7H16ClNO. The summed E-state index contributed by atoms with van der Waals surface area (Å²) in [6.45, 7) is 4.10. The van der Waals surface area contributed by atoms with Crippen molar-refractivity contribution in [3.8, 4) is 0 Å². The second-order valence-electron chi connectivity index (χ2n) is 2.74. The first-order chi connectivity index (χ1) is 4.34. The van der Waals surface area contributed by atoms with Crippen LogP contribution >= 0.6 is 12.4 Å². The number of rotatable bonds is 1. The third kappa shape index (κ3) is 2.45. The van der Waals surface area contributed by atoms with Crippen molar-refractivity contribution in [2.75, 3.05) is 20.3 Å². The van der Waals surface area contributed by atoms with Gasteiger partial charge in [0.1, 0.15) is 0 Å². The molecule has 10 heavy (non-hydrogen) atoms. The van der Waals surface area contributed by atoms with Crippen LogP contribution in [0.25, 0.3) is 0 Å². The van der Waals surface area contributed by atoms with E-state index in [9.17, 15) is 0 Å². The van der Waals surface area contributed by atoms with Gasteiger partial charge < -0.3 is 10.1 Å². The fraction of sp³-hybridized carbons (Fsp3) is 1.00. The van der Waals surface area contributed by atoms with Crippen LogP contribution in [0.1, 0.15) is 13.3 Å². The normalized spacial score (nSPS) is 33.0. The first-order valence-corrected chi connectivity index (χ1v) is 3.59. The summed E-state index contributed by atoms with van der Waals surface area (Å²) in [4.78, 5) is 0. The smallest absolute Gasteiger partial charge is 0.0622 e. The van der Waals surface area contributed by atoms with E-state index in [-0.39, 0.29) is 12.4 Å². The predicted molar refractivity (Wildman–Crippen MR) is 44.7 cm³/mol. The van der Waals surface area contributed by atoms with Crippen LogP contribution in [0.3, 0.4) is 0 Å². The first kappa shape index (κ1) is 10.2.